The molecule has 26 heavy (non-hydrogen) atoms. The SMILES string of the molecule is Cc1ccc(CNCC(=O)O)cc1/N=C(/c1c[nH]c(=O)c(C)c1)C(C)C. The van der Waals surface area contributed by atoms with E-state index in [1.54, 1.807) is 13.1 Å². The first kappa shape index (κ1) is 19.6. The fraction of sp³-hybridized carbons (Fsp3) is 0.350. The maximum Gasteiger partial charge on any atom is 0.317 e. The van der Waals surface area contributed by atoms with Gasteiger partial charge in [-0.05, 0) is 43.0 Å². The molecular weight excluding hydrogens is 330 g/mol. The molecule has 0 saturated heterocycles. The molecule has 0 radical (unpaired) electrons. The van der Waals surface area contributed by atoms with Crippen LogP contribution in [-0.2, 0) is 11.3 Å². The van der Waals surface area contributed by atoms with Gasteiger partial charge in [-0.25, -0.2) is 0 Å². The minimum absolute atomic E-state index is 0.0830. The van der Waals surface area contributed by atoms with Crippen molar-refractivity contribution in [2.75, 3.05) is 6.54 Å². The lowest BCUT2D eigenvalue weighted by molar-refractivity contribution is -0.135. The van der Waals surface area contributed by atoms with Crippen molar-refractivity contribution in [1.82, 2.24) is 10.3 Å². The molecule has 2 aromatic rings. The highest BCUT2D eigenvalue weighted by molar-refractivity contribution is 6.03. The molecule has 3 N–H and O–H groups in total. The Bertz CT molecular complexity index is 882. The van der Waals surface area contributed by atoms with E-state index in [1.807, 2.05) is 31.2 Å². The number of aromatic amines is 1. The molecule has 0 aliphatic carbocycles. The third-order valence-corrected chi connectivity index (χ3v) is 4.05. The normalized spacial score (nSPS) is 11.8. The molecule has 0 bridgehead atoms. The van der Waals surface area contributed by atoms with Crippen LogP contribution in [0.3, 0.4) is 0 Å². The molecule has 6 heteroatoms. The summed E-state index contributed by atoms with van der Waals surface area (Å²) in [6.07, 6.45) is 1.70. The van der Waals surface area contributed by atoms with Gasteiger partial charge >= 0.3 is 5.97 Å². The van der Waals surface area contributed by atoms with E-state index in [1.165, 1.54) is 0 Å². The fourth-order valence-electron chi connectivity index (χ4n) is 2.60. The summed E-state index contributed by atoms with van der Waals surface area (Å²) in [6.45, 7) is 8.27. The van der Waals surface area contributed by atoms with Crippen LogP contribution in [0, 0.1) is 19.8 Å². The number of H-pyrrole nitrogens is 1. The molecule has 1 aromatic heterocycles. The highest BCUT2D eigenvalue weighted by atomic mass is 16.4. The Hall–Kier alpha value is -2.73. The minimum atomic E-state index is -0.883. The van der Waals surface area contributed by atoms with Crippen LogP contribution in [0.25, 0.3) is 0 Å². The third-order valence-electron chi connectivity index (χ3n) is 4.05. The average Bonchev–Trinajstić information content (AvgIpc) is 2.57. The lowest BCUT2D eigenvalue weighted by Crippen LogP contribution is -2.21. The maximum atomic E-state index is 11.6. The number of nitrogens with one attached hydrogen (secondary N) is 2. The summed E-state index contributed by atoms with van der Waals surface area (Å²) in [6, 6.07) is 7.76. The molecule has 0 aliphatic rings. The van der Waals surface area contributed by atoms with E-state index in [9.17, 15) is 9.59 Å². The number of carboxylic acid groups (broad SMARTS) is 1. The number of rotatable bonds is 7. The second-order valence-corrected chi connectivity index (χ2v) is 6.67. The Morgan fingerprint density at radius 3 is 2.58 bits per heavy atom. The molecule has 0 saturated carbocycles. The topological polar surface area (TPSA) is 94.5 Å². The molecule has 1 heterocycles. The third kappa shape index (κ3) is 5.13. The molecule has 0 atom stereocenters. The Morgan fingerprint density at radius 1 is 1.23 bits per heavy atom. The predicted octanol–water partition coefficient (Wildman–Crippen LogP) is 2.94. The van der Waals surface area contributed by atoms with Crippen LogP contribution in [0.15, 0.2) is 40.2 Å². The van der Waals surface area contributed by atoms with Crippen LogP contribution >= 0.6 is 0 Å². The zero-order valence-electron chi connectivity index (χ0n) is 15.6. The lowest BCUT2D eigenvalue weighted by atomic mass is 9.99. The number of pyridine rings is 1. The Labute approximate surface area is 153 Å². The second kappa shape index (κ2) is 8.58. The van der Waals surface area contributed by atoms with Gasteiger partial charge in [-0.3, -0.25) is 14.6 Å². The summed E-state index contributed by atoms with van der Waals surface area (Å²) in [4.78, 5) is 29.9. The first-order valence-corrected chi connectivity index (χ1v) is 8.58. The summed E-state index contributed by atoms with van der Waals surface area (Å²) in [5.41, 5.74) is 5.18. The van der Waals surface area contributed by atoms with E-state index >= 15 is 0 Å². The summed E-state index contributed by atoms with van der Waals surface area (Å²) >= 11 is 0. The highest BCUT2D eigenvalue weighted by Gasteiger charge is 2.11. The first-order chi connectivity index (χ1) is 12.3. The number of aliphatic imine (C=N–C) groups is 1. The fourth-order valence-corrected chi connectivity index (χ4v) is 2.60. The van der Waals surface area contributed by atoms with Crippen molar-refractivity contribution in [2.45, 2.75) is 34.2 Å². The van der Waals surface area contributed by atoms with E-state index in [4.69, 9.17) is 10.1 Å². The zero-order chi connectivity index (χ0) is 19.3. The summed E-state index contributed by atoms with van der Waals surface area (Å²) in [5, 5.41) is 11.6. The van der Waals surface area contributed by atoms with Crippen LogP contribution in [-0.4, -0.2) is 28.3 Å². The van der Waals surface area contributed by atoms with E-state index in [-0.39, 0.29) is 18.0 Å². The Kier molecular flexibility index (Phi) is 6.46. The Balaban J connectivity index is 2.38. The van der Waals surface area contributed by atoms with Gasteiger partial charge in [-0.15, -0.1) is 0 Å². The molecule has 138 valence electrons. The van der Waals surface area contributed by atoms with E-state index in [0.29, 0.717) is 12.1 Å². The molecule has 0 amide bonds. The summed E-state index contributed by atoms with van der Waals surface area (Å²) in [7, 11) is 0. The number of aliphatic carboxylic acids is 1. The van der Waals surface area contributed by atoms with Crippen molar-refractivity contribution in [2.24, 2.45) is 10.9 Å². The standard InChI is InChI=1S/C20H25N3O3/c1-12(2)19(16-7-14(4)20(26)22-10-16)23-17-8-15(6-5-13(17)3)9-21-11-18(24)25/h5-8,10,12,21H,9,11H2,1-4H3,(H,22,26)(H,24,25)/b23-19+. The van der Waals surface area contributed by atoms with Crippen LogP contribution in [0.1, 0.15) is 36.1 Å². The van der Waals surface area contributed by atoms with Crippen molar-refractivity contribution in [3.63, 3.8) is 0 Å². The first-order valence-electron chi connectivity index (χ1n) is 8.58. The van der Waals surface area contributed by atoms with Gasteiger partial charge in [0.05, 0.1) is 17.9 Å². The second-order valence-electron chi connectivity index (χ2n) is 6.67. The monoisotopic (exact) mass is 355 g/mol. The molecule has 0 unspecified atom stereocenters. The van der Waals surface area contributed by atoms with Gasteiger partial charge in [-0.2, -0.15) is 0 Å². The number of aryl methyl sites for hydroxylation is 2. The van der Waals surface area contributed by atoms with Crippen LogP contribution in [0.5, 0.6) is 0 Å². The molecular formula is C20H25N3O3. The van der Waals surface area contributed by atoms with E-state index in [2.05, 4.69) is 24.1 Å². The van der Waals surface area contributed by atoms with Crippen molar-refractivity contribution in [1.29, 1.82) is 0 Å². The lowest BCUT2D eigenvalue weighted by Gasteiger charge is -2.13. The summed E-state index contributed by atoms with van der Waals surface area (Å²) in [5.74, 6) is -0.709. The largest absolute Gasteiger partial charge is 0.480 e. The predicted molar refractivity (Wildman–Crippen MR) is 103 cm³/mol. The van der Waals surface area contributed by atoms with Crippen molar-refractivity contribution in [3.8, 4) is 0 Å². The number of hydrogen-bond acceptors (Lipinski definition) is 4. The highest BCUT2D eigenvalue weighted by Crippen LogP contribution is 2.23. The molecule has 0 fully saturated rings. The van der Waals surface area contributed by atoms with Crippen LogP contribution in [0.2, 0.25) is 0 Å². The van der Waals surface area contributed by atoms with Gasteiger partial charge in [0.15, 0.2) is 0 Å². The zero-order valence-corrected chi connectivity index (χ0v) is 15.6. The molecule has 2 rings (SSSR count). The Morgan fingerprint density at radius 2 is 1.96 bits per heavy atom. The van der Waals surface area contributed by atoms with E-state index in [0.717, 1.165) is 28.1 Å². The molecule has 6 nitrogen and oxygen atoms in total. The number of nitrogens with zero attached hydrogens (tertiary/aromatic N) is 1. The quantitative estimate of drug-likeness (QED) is 0.666. The van der Waals surface area contributed by atoms with Crippen LogP contribution < -0.4 is 10.9 Å². The minimum Gasteiger partial charge on any atom is -0.480 e. The van der Waals surface area contributed by atoms with E-state index < -0.39 is 5.97 Å². The maximum absolute atomic E-state index is 11.6. The smallest absolute Gasteiger partial charge is 0.317 e. The molecule has 0 spiro atoms. The van der Waals surface area contributed by atoms with Crippen molar-refractivity contribution in [3.05, 3.63) is 63.1 Å². The average molecular weight is 355 g/mol. The molecule has 0 aliphatic heterocycles. The number of carbonyl (C=O) groups is 1. The number of aromatic nitrogens is 1. The number of benzene rings is 1. The van der Waals surface area contributed by atoms with Gasteiger partial charge in [-0.1, -0.05) is 26.0 Å². The van der Waals surface area contributed by atoms with Gasteiger partial charge in [0, 0.05) is 23.9 Å². The number of carboxylic acids is 1. The van der Waals surface area contributed by atoms with Gasteiger partial charge in [0.25, 0.3) is 5.56 Å². The van der Waals surface area contributed by atoms with Crippen LogP contribution in [0.4, 0.5) is 5.69 Å². The van der Waals surface area contributed by atoms with Crippen molar-refractivity contribution < 1.29 is 9.90 Å². The summed E-state index contributed by atoms with van der Waals surface area (Å²) < 4.78 is 0. The van der Waals surface area contributed by atoms with Gasteiger partial charge in [0.2, 0.25) is 0 Å². The molecule has 1 aromatic carbocycles. The van der Waals surface area contributed by atoms with Crippen molar-refractivity contribution >= 4 is 17.4 Å². The van der Waals surface area contributed by atoms with Gasteiger partial charge < -0.3 is 15.4 Å². The van der Waals surface area contributed by atoms with Gasteiger partial charge in [0.1, 0.15) is 0 Å². The number of hydrogen-bond donors (Lipinski definition) is 3.